The predicted octanol–water partition coefficient (Wildman–Crippen LogP) is 4.31. The summed E-state index contributed by atoms with van der Waals surface area (Å²) in [5.41, 5.74) is 0. The van der Waals surface area contributed by atoms with E-state index in [4.69, 9.17) is 16.3 Å². The molecule has 2 nitrogen and oxygen atoms in total. The van der Waals surface area contributed by atoms with E-state index in [-0.39, 0.29) is 5.38 Å². The van der Waals surface area contributed by atoms with Crippen LogP contribution in [-0.2, 0) is 4.74 Å². The third kappa shape index (κ3) is 12.7. The minimum absolute atomic E-state index is 0.119. The van der Waals surface area contributed by atoms with Gasteiger partial charge in [0.2, 0.25) is 0 Å². The number of hydrogen-bond donors (Lipinski definition) is 0. The molecule has 0 saturated carbocycles. The first kappa shape index (κ1) is 18.2. The third-order valence-corrected chi connectivity index (χ3v) is 3.51. The van der Waals surface area contributed by atoms with Crippen molar-refractivity contribution < 1.29 is 4.74 Å². The maximum Gasteiger partial charge on any atom is 0.0696 e. The quantitative estimate of drug-likeness (QED) is 0.367. The van der Waals surface area contributed by atoms with E-state index in [0.29, 0.717) is 6.61 Å². The first-order valence-electron chi connectivity index (χ1n) is 7.52. The Bertz CT molecular complexity index is 167. The van der Waals surface area contributed by atoms with Crippen LogP contribution in [-0.4, -0.2) is 44.1 Å². The van der Waals surface area contributed by atoms with Gasteiger partial charge in [-0.05, 0) is 20.0 Å². The summed E-state index contributed by atoms with van der Waals surface area (Å²) in [5.74, 6) is 0. The molecule has 0 N–H and O–H groups in total. The van der Waals surface area contributed by atoms with E-state index < -0.39 is 0 Å². The number of alkyl halides is 1. The topological polar surface area (TPSA) is 12.5 Å². The summed E-state index contributed by atoms with van der Waals surface area (Å²) in [6.45, 7) is 4.99. The summed E-state index contributed by atoms with van der Waals surface area (Å²) in [7, 11) is 3.85. The molecule has 0 amide bonds. The van der Waals surface area contributed by atoms with E-state index >= 15 is 0 Å². The molecule has 0 rings (SSSR count). The molecule has 0 spiro atoms. The van der Waals surface area contributed by atoms with Crippen LogP contribution in [0.4, 0.5) is 0 Å². The molecule has 0 saturated heterocycles. The van der Waals surface area contributed by atoms with Gasteiger partial charge in [0.25, 0.3) is 0 Å². The molecule has 0 aliphatic heterocycles. The maximum absolute atomic E-state index is 6.12. The molecule has 110 valence electrons. The maximum atomic E-state index is 6.12. The second kappa shape index (κ2) is 13.6. The van der Waals surface area contributed by atoms with Crippen molar-refractivity contribution in [3.05, 3.63) is 0 Å². The number of methoxy groups -OCH3 is 1. The average Bonchev–Trinajstić information content (AvgIpc) is 2.32. The zero-order chi connectivity index (χ0) is 13.6. The van der Waals surface area contributed by atoms with Crippen molar-refractivity contribution in [2.45, 2.75) is 63.7 Å². The molecular weight excluding hydrogens is 246 g/mol. The molecule has 0 aliphatic carbocycles. The highest BCUT2D eigenvalue weighted by Crippen LogP contribution is 2.09. The molecule has 1 unspecified atom stereocenters. The number of halogens is 1. The minimum Gasteiger partial charge on any atom is -0.383 e. The van der Waals surface area contributed by atoms with Crippen LogP contribution in [0.5, 0.6) is 0 Å². The lowest BCUT2D eigenvalue weighted by Crippen LogP contribution is -2.29. The van der Waals surface area contributed by atoms with Crippen molar-refractivity contribution in [1.29, 1.82) is 0 Å². The zero-order valence-electron chi connectivity index (χ0n) is 12.6. The SMILES string of the molecule is CCCCCCCCCCN(C)CC(Cl)COC. The fourth-order valence-electron chi connectivity index (χ4n) is 2.18. The lowest BCUT2D eigenvalue weighted by Gasteiger charge is -2.19. The predicted molar refractivity (Wildman–Crippen MR) is 81.6 cm³/mol. The fraction of sp³-hybridized carbons (Fsp3) is 1.00. The van der Waals surface area contributed by atoms with Gasteiger partial charge in [0.05, 0.1) is 12.0 Å². The Kier molecular flexibility index (Phi) is 13.8. The molecule has 0 bridgehead atoms. The molecule has 1 atom stereocenters. The average molecular weight is 278 g/mol. The van der Waals surface area contributed by atoms with Gasteiger partial charge in [0.1, 0.15) is 0 Å². The summed E-state index contributed by atoms with van der Waals surface area (Å²) in [6.07, 6.45) is 11.0. The van der Waals surface area contributed by atoms with Crippen molar-refractivity contribution in [2.24, 2.45) is 0 Å². The largest absolute Gasteiger partial charge is 0.383 e. The van der Waals surface area contributed by atoms with Crippen LogP contribution in [0.2, 0.25) is 0 Å². The third-order valence-electron chi connectivity index (χ3n) is 3.25. The number of ether oxygens (including phenoxy) is 1. The zero-order valence-corrected chi connectivity index (χ0v) is 13.3. The van der Waals surface area contributed by atoms with E-state index in [1.54, 1.807) is 7.11 Å². The molecule has 3 heteroatoms. The molecule has 0 aliphatic rings. The lowest BCUT2D eigenvalue weighted by molar-refractivity contribution is 0.182. The minimum atomic E-state index is 0.119. The molecule has 0 heterocycles. The Labute approximate surface area is 119 Å². The van der Waals surface area contributed by atoms with Crippen LogP contribution in [0, 0.1) is 0 Å². The Balaban J connectivity index is 3.22. The van der Waals surface area contributed by atoms with E-state index in [9.17, 15) is 0 Å². The summed E-state index contributed by atoms with van der Waals surface area (Å²) in [4.78, 5) is 2.31. The first-order valence-corrected chi connectivity index (χ1v) is 7.95. The van der Waals surface area contributed by atoms with Gasteiger partial charge in [-0.1, -0.05) is 51.9 Å². The van der Waals surface area contributed by atoms with Crippen molar-refractivity contribution in [3.63, 3.8) is 0 Å². The van der Waals surface area contributed by atoms with E-state index in [0.717, 1.165) is 13.1 Å². The Morgan fingerprint density at radius 3 is 2.11 bits per heavy atom. The van der Waals surface area contributed by atoms with Crippen LogP contribution < -0.4 is 0 Å². The van der Waals surface area contributed by atoms with Crippen LogP contribution in [0.25, 0.3) is 0 Å². The first-order chi connectivity index (χ1) is 8.70. The van der Waals surface area contributed by atoms with Gasteiger partial charge >= 0.3 is 0 Å². The van der Waals surface area contributed by atoms with E-state index in [1.165, 1.54) is 51.4 Å². The second-order valence-corrected chi connectivity index (χ2v) is 5.91. The fourth-order valence-corrected chi connectivity index (χ4v) is 2.54. The molecule has 0 fully saturated rings. The number of hydrogen-bond acceptors (Lipinski definition) is 2. The van der Waals surface area contributed by atoms with Gasteiger partial charge in [0, 0.05) is 13.7 Å². The molecule has 0 aromatic rings. The highest BCUT2D eigenvalue weighted by Gasteiger charge is 2.07. The molecular formula is C15H32ClNO. The molecule has 0 aromatic heterocycles. The molecule has 0 radical (unpaired) electrons. The van der Waals surface area contributed by atoms with Gasteiger partial charge in [0.15, 0.2) is 0 Å². The number of rotatable bonds is 13. The van der Waals surface area contributed by atoms with Crippen molar-refractivity contribution in [1.82, 2.24) is 4.90 Å². The lowest BCUT2D eigenvalue weighted by atomic mass is 10.1. The normalized spacial score (nSPS) is 13.2. The number of unbranched alkanes of at least 4 members (excludes halogenated alkanes) is 7. The molecule has 0 aromatic carbocycles. The summed E-state index contributed by atoms with van der Waals surface area (Å²) < 4.78 is 5.04. The smallest absolute Gasteiger partial charge is 0.0696 e. The van der Waals surface area contributed by atoms with Gasteiger partial charge in [-0.3, -0.25) is 0 Å². The highest BCUT2D eigenvalue weighted by molar-refractivity contribution is 6.20. The van der Waals surface area contributed by atoms with Crippen LogP contribution in [0.15, 0.2) is 0 Å². The van der Waals surface area contributed by atoms with Gasteiger partial charge < -0.3 is 9.64 Å². The van der Waals surface area contributed by atoms with Gasteiger partial charge in [-0.25, -0.2) is 0 Å². The van der Waals surface area contributed by atoms with Gasteiger partial charge in [-0.15, -0.1) is 11.6 Å². The molecule has 18 heavy (non-hydrogen) atoms. The van der Waals surface area contributed by atoms with Crippen molar-refractivity contribution in [2.75, 3.05) is 33.9 Å². The van der Waals surface area contributed by atoms with Crippen LogP contribution in [0.3, 0.4) is 0 Å². The Morgan fingerprint density at radius 2 is 1.56 bits per heavy atom. The van der Waals surface area contributed by atoms with Crippen molar-refractivity contribution >= 4 is 11.6 Å². The van der Waals surface area contributed by atoms with E-state index in [1.807, 2.05) is 0 Å². The monoisotopic (exact) mass is 277 g/mol. The number of nitrogens with zero attached hydrogens (tertiary/aromatic N) is 1. The summed E-state index contributed by atoms with van der Waals surface area (Å²) in [5, 5.41) is 0.119. The summed E-state index contributed by atoms with van der Waals surface area (Å²) >= 11 is 6.12. The van der Waals surface area contributed by atoms with Gasteiger partial charge in [-0.2, -0.15) is 0 Å². The Hall–Kier alpha value is 0.210. The van der Waals surface area contributed by atoms with E-state index in [2.05, 4.69) is 18.9 Å². The summed E-state index contributed by atoms with van der Waals surface area (Å²) in [6, 6.07) is 0. The van der Waals surface area contributed by atoms with Crippen LogP contribution >= 0.6 is 11.6 Å². The Morgan fingerprint density at radius 1 is 1.00 bits per heavy atom. The van der Waals surface area contributed by atoms with Crippen molar-refractivity contribution in [3.8, 4) is 0 Å². The second-order valence-electron chi connectivity index (χ2n) is 5.29. The standard InChI is InChI=1S/C15H32ClNO/c1-4-5-6-7-8-9-10-11-12-17(2)13-15(16)14-18-3/h15H,4-14H2,1-3H3. The highest BCUT2D eigenvalue weighted by atomic mass is 35.5. The van der Waals surface area contributed by atoms with Crippen LogP contribution in [0.1, 0.15) is 58.3 Å².